The maximum absolute atomic E-state index is 12.2. The Morgan fingerprint density at radius 2 is 1.92 bits per heavy atom. The van der Waals surface area contributed by atoms with Gasteiger partial charge in [-0.25, -0.2) is 9.97 Å². The number of likely N-dealkylation sites (N-methyl/N-ethyl adjacent to an activating group) is 2. The molecule has 3 aromatic rings. The molecular formula is C27H35N9O2. The Balaban J connectivity index is 1.67. The minimum Gasteiger partial charge on any atom is -0.479 e. The Hall–Kier alpha value is -4.25. The predicted molar refractivity (Wildman–Crippen MR) is 151 cm³/mol. The Bertz CT molecular complexity index is 1330. The van der Waals surface area contributed by atoms with Crippen LogP contribution < -0.4 is 25.2 Å². The summed E-state index contributed by atoms with van der Waals surface area (Å²) in [6, 6.07) is 10.0. The number of nitrogens with one attached hydrogen (secondary N) is 2. The summed E-state index contributed by atoms with van der Waals surface area (Å²) < 4.78 is 5.60. The van der Waals surface area contributed by atoms with Crippen LogP contribution >= 0.6 is 0 Å². The van der Waals surface area contributed by atoms with Gasteiger partial charge < -0.3 is 30.1 Å². The highest BCUT2D eigenvalue weighted by molar-refractivity contribution is 6.01. The Morgan fingerprint density at radius 1 is 1.16 bits per heavy atom. The number of methoxy groups -OCH3 is 1. The second-order valence-electron chi connectivity index (χ2n) is 10.1. The van der Waals surface area contributed by atoms with Gasteiger partial charge in [0.05, 0.1) is 12.8 Å². The first-order valence-corrected chi connectivity index (χ1v) is 12.3. The van der Waals surface area contributed by atoms with Crippen molar-refractivity contribution in [2.75, 3.05) is 68.3 Å². The molecular weight excluding hydrogens is 482 g/mol. The van der Waals surface area contributed by atoms with Gasteiger partial charge in [-0.1, -0.05) is 38.6 Å². The Morgan fingerprint density at radius 3 is 2.63 bits per heavy atom. The number of anilines is 6. The number of ether oxygens (including phenoxy) is 1. The van der Waals surface area contributed by atoms with Gasteiger partial charge in [0.25, 0.3) is 0 Å². The first-order chi connectivity index (χ1) is 18.1. The monoisotopic (exact) mass is 517 g/mol. The van der Waals surface area contributed by atoms with Crippen molar-refractivity contribution in [2.24, 2.45) is 0 Å². The third-order valence-electron chi connectivity index (χ3n) is 6.37. The van der Waals surface area contributed by atoms with Crippen molar-refractivity contribution in [3.8, 4) is 5.88 Å². The number of hydrogen-bond acceptors (Lipinski definition) is 10. The lowest BCUT2D eigenvalue weighted by Crippen LogP contribution is -2.30. The highest BCUT2D eigenvalue weighted by atomic mass is 16.5. The number of hydrogen-bond donors (Lipinski definition) is 2. The number of fused-ring (bicyclic) bond motifs is 1. The van der Waals surface area contributed by atoms with Gasteiger partial charge in [-0.15, -0.1) is 0 Å². The van der Waals surface area contributed by atoms with Gasteiger partial charge in [0.15, 0.2) is 5.82 Å². The molecule has 0 unspecified atom stereocenters. The SMILES string of the molecule is C=CC(=O)Nc1cc(Nc2ncnc(N3CC(C)(C)c4ccccc43)n2)c(OC)nc1N(C)CCN(C)C. The summed E-state index contributed by atoms with van der Waals surface area (Å²) in [5.41, 5.74) is 3.28. The van der Waals surface area contributed by atoms with Gasteiger partial charge in [0.1, 0.15) is 12.0 Å². The third-order valence-corrected chi connectivity index (χ3v) is 6.37. The van der Waals surface area contributed by atoms with Gasteiger partial charge >= 0.3 is 0 Å². The number of nitrogens with zero attached hydrogens (tertiary/aromatic N) is 7. The molecule has 0 spiro atoms. The van der Waals surface area contributed by atoms with Crippen LogP contribution in [0.1, 0.15) is 19.4 Å². The van der Waals surface area contributed by atoms with Crippen molar-refractivity contribution < 1.29 is 9.53 Å². The van der Waals surface area contributed by atoms with Crippen LogP contribution in [0.2, 0.25) is 0 Å². The zero-order chi connectivity index (χ0) is 27.4. The van der Waals surface area contributed by atoms with E-state index in [4.69, 9.17) is 14.7 Å². The largest absolute Gasteiger partial charge is 0.479 e. The molecule has 1 aliphatic heterocycles. The number of para-hydroxylation sites is 1. The molecule has 1 aromatic carbocycles. The average Bonchev–Trinajstić information content (AvgIpc) is 3.18. The lowest BCUT2D eigenvalue weighted by molar-refractivity contribution is -0.111. The molecule has 3 heterocycles. The van der Waals surface area contributed by atoms with Gasteiger partial charge in [0, 0.05) is 37.8 Å². The molecule has 0 saturated carbocycles. The fraction of sp³-hybridized carbons (Fsp3) is 0.370. The topological polar surface area (TPSA) is 112 Å². The summed E-state index contributed by atoms with van der Waals surface area (Å²) in [5.74, 6) is 1.42. The lowest BCUT2D eigenvalue weighted by atomic mass is 9.87. The van der Waals surface area contributed by atoms with Crippen LogP contribution in [0.15, 0.2) is 49.3 Å². The molecule has 4 rings (SSSR count). The van der Waals surface area contributed by atoms with Gasteiger partial charge in [-0.2, -0.15) is 9.97 Å². The molecule has 0 aliphatic carbocycles. The molecule has 0 bridgehead atoms. The number of aromatic nitrogens is 4. The van der Waals surface area contributed by atoms with E-state index in [1.807, 2.05) is 38.2 Å². The zero-order valence-electron chi connectivity index (χ0n) is 22.8. The molecule has 0 saturated heterocycles. The van der Waals surface area contributed by atoms with E-state index in [9.17, 15) is 4.79 Å². The van der Waals surface area contributed by atoms with Crippen LogP contribution in [-0.4, -0.2) is 78.6 Å². The van der Waals surface area contributed by atoms with E-state index >= 15 is 0 Å². The van der Waals surface area contributed by atoms with E-state index in [-0.39, 0.29) is 11.3 Å². The Kier molecular flexibility index (Phi) is 7.77. The molecule has 1 aliphatic rings. The van der Waals surface area contributed by atoms with Crippen LogP contribution in [0.25, 0.3) is 0 Å². The van der Waals surface area contributed by atoms with Crippen LogP contribution in [0.3, 0.4) is 0 Å². The van der Waals surface area contributed by atoms with Crippen LogP contribution in [0.4, 0.5) is 34.8 Å². The van der Waals surface area contributed by atoms with E-state index in [0.29, 0.717) is 41.5 Å². The summed E-state index contributed by atoms with van der Waals surface area (Å²) in [7, 11) is 7.46. The van der Waals surface area contributed by atoms with Crippen molar-refractivity contribution >= 4 is 40.7 Å². The number of carbonyl (C=O) groups is 1. The second kappa shape index (κ2) is 11.0. The van der Waals surface area contributed by atoms with Crippen molar-refractivity contribution in [3.05, 3.63) is 54.9 Å². The summed E-state index contributed by atoms with van der Waals surface area (Å²) in [5, 5.41) is 6.05. The minimum absolute atomic E-state index is 0.0450. The van der Waals surface area contributed by atoms with Gasteiger partial charge in [0.2, 0.25) is 23.7 Å². The molecule has 1 amide bonds. The maximum Gasteiger partial charge on any atom is 0.247 e. The van der Waals surface area contributed by atoms with Gasteiger partial charge in [-0.05, 0) is 37.9 Å². The number of benzene rings is 1. The molecule has 38 heavy (non-hydrogen) atoms. The minimum atomic E-state index is -0.345. The van der Waals surface area contributed by atoms with Crippen molar-refractivity contribution in [3.63, 3.8) is 0 Å². The van der Waals surface area contributed by atoms with Crippen LogP contribution in [0, 0.1) is 0 Å². The fourth-order valence-electron chi connectivity index (χ4n) is 4.38. The summed E-state index contributed by atoms with van der Waals surface area (Å²) in [6.45, 7) is 10.2. The summed E-state index contributed by atoms with van der Waals surface area (Å²) >= 11 is 0. The van der Waals surface area contributed by atoms with E-state index < -0.39 is 0 Å². The number of rotatable bonds is 10. The average molecular weight is 518 g/mol. The molecule has 0 atom stereocenters. The van der Waals surface area contributed by atoms with Gasteiger partial charge in [-0.3, -0.25) is 4.79 Å². The molecule has 11 nitrogen and oxygen atoms in total. The maximum atomic E-state index is 12.2. The van der Waals surface area contributed by atoms with E-state index in [0.717, 1.165) is 18.8 Å². The molecule has 11 heteroatoms. The van der Waals surface area contributed by atoms with E-state index in [2.05, 4.69) is 63.0 Å². The lowest BCUT2D eigenvalue weighted by Gasteiger charge is -2.24. The van der Waals surface area contributed by atoms with Crippen molar-refractivity contribution in [1.29, 1.82) is 0 Å². The predicted octanol–water partition coefficient (Wildman–Crippen LogP) is 3.57. The summed E-state index contributed by atoms with van der Waals surface area (Å²) in [4.78, 5) is 36.5. The van der Waals surface area contributed by atoms with Crippen molar-refractivity contribution in [1.82, 2.24) is 24.8 Å². The number of pyridine rings is 1. The number of carbonyl (C=O) groups excluding carboxylic acids is 1. The standard InChI is InChI=1S/C27H35N9O2/c1-8-22(37)30-19-15-20(24(38-7)32-23(19)35(6)14-13-34(4)5)31-25-28-17-29-26(33-25)36-16-27(2,3)18-11-9-10-12-21(18)36/h8-12,15,17H,1,13-14,16H2,2-7H3,(H,30,37)(H,28,29,31,33). The molecule has 0 fully saturated rings. The highest BCUT2D eigenvalue weighted by Gasteiger charge is 2.36. The highest BCUT2D eigenvalue weighted by Crippen LogP contribution is 2.43. The zero-order valence-corrected chi connectivity index (χ0v) is 22.8. The third kappa shape index (κ3) is 5.67. The number of amides is 1. The first-order valence-electron chi connectivity index (χ1n) is 12.3. The van der Waals surface area contributed by atoms with Crippen molar-refractivity contribution in [2.45, 2.75) is 19.3 Å². The smallest absolute Gasteiger partial charge is 0.247 e. The second-order valence-corrected chi connectivity index (χ2v) is 10.1. The molecule has 0 radical (unpaired) electrons. The summed E-state index contributed by atoms with van der Waals surface area (Å²) in [6.07, 6.45) is 2.69. The quantitative estimate of drug-likeness (QED) is 0.387. The van der Waals surface area contributed by atoms with Crippen LogP contribution in [-0.2, 0) is 10.2 Å². The molecule has 200 valence electrons. The molecule has 2 aromatic heterocycles. The molecule has 2 N–H and O–H groups in total. The first kappa shape index (κ1) is 26.8. The van der Waals surface area contributed by atoms with Crippen LogP contribution in [0.5, 0.6) is 5.88 Å². The normalized spacial score (nSPS) is 13.7. The van der Waals surface area contributed by atoms with E-state index in [1.165, 1.54) is 18.0 Å². The Labute approximate surface area is 223 Å². The van der Waals surface area contributed by atoms with E-state index in [1.54, 1.807) is 13.2 Å². The fourth-order valence-corrected chi connectivity index (χ4v) is 4.38.